The van der Waals surface area contributed by atoms with E-state index in [-0.39, 0.29) is 48.5 Å². The fraction of sp³-hybridized carbons (Fsp3) is 0.238. The zero-order valence-corrected chi connectivity index (χ0v) is 44.6. The third-order valence-electron chi connectivity index (χ3n) is 12.8. The van der Waals surface area contributed by atoms with Crippen LogP contribution in [0.5, 0.6) is 0 Å². The zero-order chi connectivity index (χ0) is 53.1. The van der Waals surface area contributed by atoms with Crippen molar-refractivity contribution in [2.45, 2.75) is 99.1 Å². The van der Waals surface area contributed by atoms with Gasteiger partial charge in [-0.3, -0.25) is 4.98 Å². The number of furan rings is 1. The number of pyridine rings is 1. The average Bonchev–Trinajstić information content (AvgIpc) is 3.94. The number of hydrogen-bond acceptors (Lipinski definition) is 3. The van der Waals surface area contributed by atoms with Crippen LogP contribution < -0.4 is 5.19 Å². The smallest absolute Gasteiger partial charge is 0.121 e. The summed E-state index contributed by atoms with van der Waals surface area (Å²) < 4.78 is 54.4. The van der Waals surface area contributed by atoms with Crippen molar-refractivity contribution < 1.29 is 32.7 Å². The fourth-order valence-electron chi connectivity index (χ4n) is 9.10. The quantitative estimate of drug-likeness (QED) is 0.112. The van der Waals surface area contributed by atoms with Crippen LogP contribution in [0, 0.1) is 25.8 Å². The van der Waals surface area contributed by atoms with Crippen molar-refractivity contribution in [1.82, 2.24) is 14.5 Å². The van der Waals surface area contributed by atoms with Crippen LogP contribution in [0.25, 0.3) is 83.6 Å². The van der Waals surface area contributed by atoms with Crippen LogP contribution in [0.15, 0.2) is 156 Å². The minimum atomic E-state index is -2.21. The third-order valence-corrected chi connectivity index (χ3v) is 14.9. The Balaban J connectivity index is 0.000000252. The van der Waals surface area contributed by atoms with Crippen LogP contribution in [-0.2, 0) is 25.5 Å². The Morgan fingerprint density at radius 1 is 0.681 bits per heavy atom. The number of rotatable bonds is 8. The van der Waals surface area contributed by atoms with Crippen LogP contribution >= 0.6 is 0 Å². The molecule has 4 nitrogen and oxygen atoms in total. The van der Waals surface area contributed by atoms with Crippen molar-refractivity contribution in [3.8, 4) is 50.6 Å². The maximum Gasteiger partial charge on any atom is 0.121 e. The van der Waals surface area contributed by atoms with Gasteiger partial charge in [-0.15, -0.1) is 53.1 Å². The van der Waals surface area contributed by atoms with Gasteiger partial charge in [-0.2, -0.15) is 0 Å². The molecule has 0 aliphatic rings. The molecule has 0 spiro atoms. The molecule has 0 bridgehead atoms. The number of nitrogens with zero attached hydrogens (tertiary/aromatic N) is 3. The van der Waals surface area contributed by atoms with Gasteiger partial charge in [0.1, 0.15) is 5.58 Å². The van der Waals surface area contributed by atoms with Gasteiger partial charge in [-0.1, -0.05) is 182 Å². The summed E-state index contributed by atoms with van der Waals surface area (Å²) in [6, 6.07) is 56.7. The van der Waals surface area contributed by atoms with E-state index in [4.69, 9.17) is 17.6 Å². The average molecular weight is 1100 g/mol. The maximum atomic E-state index is 7.70. The van der Waals surface area contributed by atoms with Gasteiger partial charge in [-0.25, -0.2) is 0 Å². The van der Waals surface area contributed by atoms with E-state index in [1.54, 1.807) is 12.1 Å². The second-order valence-corrected chi connectivity index (χ2v) is 25.6. The summed E-state index contributed by atoms with van der Waals surface area (Å²) in [5.41, 5.74) is 15.2. The molecule has 0 amide bonds. The maximum absolute atomic E-state index is 7.70. The Morgan fingerprint density at radius 3 is 2.00 bits per heavy atom. The molecule has 0 N–H and O–H groups in total. The summed E-state index contributed by atoms with van der Waals surface area (Å²) in [5, 5.41) is 3.64. The Bertz CT molecular complexity index is 3630. The first-order chi connectivity index (χ1) is 34.9. The van der Waals surface area contributed by atoms with Crippen LogP contribution in [-0.4, -0.2) is 22.6 Å². The van der Waals surface area contributed by atoms with Gasteiger partial charge in [0.25, 0.3) is 0 Å². The predicted molar refractivity (Wildman–Crippen MR) is 291 cm³/mol. The van der Waals surface area contributed by atoms with Crippen molar-refractivity contribution in [1.29, 1.82) is 0 Å². The molecular formula is C63H63IrN3OSi-2. The van der Waals surface area contributed by atoms with Crippen LogP contribution in [0.4, 0.5) is 0 Å². The molecule has 0 atom stereocenters. The molecule has 7 aromatic carbocycles. The van der Waals surface area contributed by atoms with Gasteiger partial charge in [0.2, 0.25) is 0 Å². The number of aryl methyl sites for hydroxylation is 2. The largest absolute Gasteiger partial charge is 0.501 e. The molecule has 0 saturated heterocycles. The predicted octanol–water partition coefficient (Wildman–Crippen LogP) is 17.0. The number of para-hydroxylation sites is 2. The van der Waals surface area contributed by atoms with E-state index in [1.165, 1.54) is 57.0 Å². The summed E-state index contributed by atoms with van der Waals surface area (Å²) in [5.74, 6) is 1.40. The number of imidazole rings is 1. The first-order valence-electron chi connectivity index (χ1n) is 26.6. The summed E-state index contributed by atoms with van der Waals surface area (Å²) in [6.07, 6.45) is 1.32. The number of benzene rings is 7. The molecule has 69 heavy (non-hydrogen) atoms. The normalized spacial score (nSPS) is 13.6. The molecule has 3 heterocycles. The number of aromatic nitrogens is 3. The summed E-state index contributed by atoms with van der Waals surface area (Å²) in [7, 11) is -1.40. The SMILES string of the molecule is CC(C)c1cc(-c2ccc([Si](C)(C)C)cc2)cc(C(C)C)c1-n1c(-c2[c-]ccc3c2oc2cc(-c4ccccc4)ccc23)nc2ccccc21.[2H]C([2H])([2H])c1ccc(-c2[c-]cc(C([2H])([2H])[2H])c(C(C)(C)C)c2)nc1.[Ir]. The number of hydrogen-bond donors (Lipinski definition) is 0. The third kappa shape index (κ3) is 9.99. The van der Waals surface area contributed by atoms with E-state index in [0.717, 1.165) is 49.9 Å². The zero-order valence-electron chi connectivity index (χ0n) is 47.2. The molecule has 1 radical (unpaired) electrons. The van der Waals surface area contributed by atoms with Gasteiger partial charge in [-0.05, 0) is 99.1 Å². The Kier molecular flexibility index (Phi) is 11.9. The summed E-state index contributed by atoms with van der Waals surface area (Å²) in [6.45, 7) is 17.9. The van der Waals surface area contributed by atoms with Crippen molar-refractivity contribution >= 4 is 46.2 Å². The fourth-order valence-corrected chi connectivity index (χ4v) is 10.3. The van der Waals surface area contributed by atoms with Crippen molar-refractivity contribution in [3.05, 3.63) is 192 Å². The van der Waals surface area contributed by atoms with Crippen molar-refractivity contribution in [3.63, 3.8) is 0 Å². The molecule has 351 valence electrons. The van der Waals surface area contributed by atoms with E-state index < -0.39 is 21.8 Å². The first-order valence-corrected chi connectivity index (χ1v) is 27.1. The second-order valence-electron chi connectivity index (χ2n) is 20.5. The van der Waals surface area contributed by atoms with Crippen molar-refractivity contribution in [2.75, 3.05) is 0 Å². The Hall–Kier alpha value is -6.17. The molecule has 0 fully saturated rings. The monoisotopic (exact) mass is 1100 g/mol. The summed E-state index contributed by atoms with van der Waals surface area (Å²) in [4.78, 5) is 9.53. The molecule has 6 heteroatoms. The van der Waals surface area contributed by atoms with Gasteiger partial charge >= 0.3 is 0 Å². The van der Waals surface area contributed by atoms with Gasteiger partial charge in [0, 0.05) is 45.6 Å². The van der Waals surface area contributed by atoms with Crippen molar-refractivity contribution in [2.24, 2.45) is 0 Å². The molecule has 0 aliphatic heterocycles. The minimum Gasteiger partial charge on any atom is -0.501 e. The topological polar surface area (TPSA) is 43.9 Å². The second kappa shape index (κ2) is 19.7. The van der Waals surface area contributed by atoms with Gasteiger partial charge in [0.15, 0.2) is 0 Å². The molecule has 10 rings (SSSR count). The Morgan fingerprint density at radius 2 is 1.36 bits per heavy atom. The molecule has 10 aromatic rings. The molecule has 0 aliphatic carbocycles. The van der Waals surface area contributed by atoms with E-state index in [1.807, 2.05) is 32.9 Å². The minimum absolute atomic E-state index is 0. The first kappa shape index (κ1) is 41.8. The van der Waals surface area contributed by atoms with Crippen LogP contribution in [0.1, 0.15) is 96.3 Å². The van der Waals surface area contributed by atoms with E-state index in [2.05, 4.69) is 178 Å². The number of fused-ring (bicyclic) bond motifs is 4. The molecule has 0 saturated carbocycles. The standard InChI is InChI=1S/C46H43N2OSi.C17H20N.Ir/c1-29(2)39-26-34(32-20-23-35(24-21-32)50(5,6)7)27-40(30(3)4)44(39)48-42-19-12-11-18-41(42)47-46(48)38-17-13-16-37-36-25-22-33(28-43(36)49-45(37)38)31-14-9-8-10-15-31;1-12-6-9-16(18-11-12)14-8-7-13(2)15(10-14)17(3,4)5;/h8-16,18-30H,1-7H3;6-7,9-11H,1-5H3;/q2*-1;/i;1D3,2D3;. The summed E-state index contributed by atoms with van der Waals surface area (Å²) >= 11 is 0. The molecule has 3 aromatic heterocycles. The Labute approximate surface area is 432 Å². The van der Waals surface area contributed by atoms with E-state index in [9.17, 15) is 0 Å². The molecule has 0 unspecified atom stereocenters. The van der Waals surface area contributed by atoms with Gasteiger partial charge < -0.3 is 14.0 Å². The van der Waals surface area contributed by atoms with E-state index in [0.29, 0.717) is 16.8 Å². The van der Waals surface area contributed by atoms with Crippen LogP contribution in [0.3, 0.4) is 0 Å². The van der Waals surface area contributed by atoms with Gasteiger partial charge in [0.05, 0.1) is 30.5 Å². The van der Waals surface area contributed by atoms with E-state index >= 15 is 0 Å². The van der Waals surface area contributed by atoms with Crippen LogP contribution in [0.2, 0.25) is 19.6 Å². The molecular weight excluding hydrogens is 1040 g/mol.